The minimum atomic E-state index is -4.48. The molecule has 384 valence electrons. The van der Waals surface area contributed by atoms with E-state index in [1.807, 2.05) is 26.0 Å². The molecule has 3 aromatic rings. The second kappa shape index (κ2) is 23.6. The average molecular weight is 1020 g/mol. The summed E-state index contributed by atoms with van der Waals surface area (Å²) in [7, 11) is -5.02. The Balaban J connectivity index is 1.17. The zero-order valence-electron chi connectivity index (χ0n) is 41.2. The fraction of sp³-hybridized carbons (Fsp3) is 0.500. The van der Waals surface area contributed by atoms with Crippen LogP contribution in [0.5, 0.6) is 0 Å². The van der Waals surface area contributed by atoms with Gasteiger partial charge in [-0.25, -0.2) is 17.9 Å². The Kier molecular flexibility index (Phi) is 17.9. The lowest BCUT2D eigenvalue weighted by Gasteiger charge is -2.32. The Morgan fingerprint density at radius 1 is 0.775 bits per heavy atom. The van der Waals surface area contributed by atoms with Crippen LogP contribution in [0.15, 0.2) is 94.4 Å². The van der Waals surface area contributed by atoms with Crippen LogP contribution in [-0.2, 0) is 69.1 Å². The van der Waals surface area contributed by atoms with E-state index in [0.717, 1.165) is 71.6 Å². The monoisotopic (exact) mass is 1020 g/mol. The van der Waals surface area contributed by atoms with Gasteiger partial charge in [-0.3, -0.25) is 14.1 Å². The van der Waals surface area contributed by atoms with Crippen molar-refractivity contribution < 1.29 is 64.1 Å². The first-order valence-electron chi connectivity index (χ1n) is 24.4. The van der Waals surface area contributed by atoms with Gasteiger partial charge in [0.1, 0.15) is 6.61 Å². The highest BCUT2D eigenvalue weighted by Crippen LogP contribution is 2.51. The number of carbonyl (C=O) groups is 3. The standard InChI is InChI=1S/C52H66N4O13S2/c1-51(2)42-37-41(71(62,63)64)20-22-44(42)54(28-10-5-7-14-50(59)69-56-48(57)23-24-49(56)58)46(51)12-11-13-47-52(25-8-6-9-26-52)43-36-39(17-21-45(43)55(47)29-31-68-35-33-66-4)38-15-18-40(19-16-38)70(60,61)53-27-30-67-34-32-65-3/h11-13,15-22,36-37,53H,5-10,14,23-35H2,1-4H3/p+1. The van der Waals surface area contributed by atoms with Gasteiger partial charge < -0.3 is 28.7 Å². The highest BCUT2D eigenvalue weighted by molar-refractivity contribution is 7.89. The first-order chi connectivity index (χ1) is 34.0. The molecule has 7 rings (SSSR count). The van der Waals surface area contributed by atoms with Crippen LogP contribution in [0.3, 0.4) is 0 Å². The van der Waals surface area contributed by atoms with Crippen molar-refractivity contribution in [1.29, 1.82) is 0 Å². The Bertz CT molecular complexity index is 2730. The number of allylic oxidation sites excluding steroid dienone is 4. The van der Waals surface area contributed by atoms with E-state index in [0.29, 0.717) is 70.4 Å². The number of methoxy groups -OCH3 is 2. The SMILES string of the molecule is COCCOCCNS(=O)(=O)c1ccc(-c2ccc3c(c2)C2(CCCCC2)C(C=CC=C2N(CCCCCC(=O)ON4C(=O)CCC4=O)c4ccc(S(=O)(=O)O)cc4C2(C)C)=[N+]3CCOCCOC)cc1. The third-order valence-corrected chi connectivity index (χ3v) is 16.1. The maximum atomic E-state index is 13.1. The molecule has 19 heteroatoms. The molecular weight excluding hydrogens is 953 g/mol. The highest BCUT2D eigenvalue weighted by Gasteiger charge is 2.51. The number of rotatable bonds is 25. The smallest absolute Gasteiger partial charge is 0.333 e. The van der Waals surface area contributed by atoms with Gasteiger partial charge in [-0.15, -0.1) is 5.06 Å². The molecule has 1 spiro atoms. The van der Waals surface area contributed by atoms with Gasteiger partial charge in [0.25, 0.3) is 21.9 Å². The van der Waals surface area contributed by atoms with Crippen molar-refractivity contribution >= 4 is 55.0 Å². The predicted molar refractivity (Wildman–Crippen MR) is 267 cm³/mol. The van der Waals surface area contributed by atoms with Gasteiger partial charge in [-0.1, -0.05) is 57.7 Å². The Morgan fingerprint density at radius 3 is 2.11 bits per heavy atom. The summed E-state index contributed by atoms with van der Waals surface area (Å²) in [4.78, 5) is 43.6. The van der Waals surface area contributed by atoms with E-state index in [1.165, 1.54) is 17.7 Å². The number of ether oxygens (including phenoxy) is 4. The number of amides is 2. The van der Waals surface area contributed by atoms with E-state index in [4.69, 9.17) is 23.8 Å². The fourth-order valence-electron chi connectivity index (χ4n) is 10.1. The van der Waals surface area contributed by atoms with E-state index >= 15 is 0 Å². The third-order valence-electron chi connectivity index (χ3n) is 13.8. The van der Waals surface area contributed by atoms with Crippen LogP contribution in [0.4, 0.5) is 11.4 Å². The molecule has 3 aromatic carbocycles. The lowest BCUT2D eigenvalue weighted by Crippen LogP contribution is -2.37. The minimum Gasteiger partial charge on any atom is -0.382 e. The van der Waals surface area contributed by atoms with Crippen molar-refractivity contribution in [3.8, 4) is 11.1 Å². The molecule has 1 aliphatic carbocycles. The number of hydrogen-bond donors (Lipinski definition) is 2. The molecule has 2 amide bonds. The first kappa shape index (κ1) is 53.7. The van der Waals surface area contributed by atoms with Crippen LogP contribution < -0.4 is 9.62 Å². The second-order valence-electron chi connectivity index (χ2n) is 18.7. The summed E-state index contributed by atoms with van der Waals surface area (Å²) in [6, 6.07) is 18.1. The number of fused-ring (bicyclic) bond motifs is 3. The topological polar surface area (TPSA) is 207 Å². The molecule has 1 saturated heterocycles. The molecule has 0 unspecified atom stereocenters. The number of nitrogens with one attached hydrogen (secondary N) is 1. The summed E-state index contributed by atoms with van der Waals surface area (Å²) in [6.45, 7) is 7.74. The van der Waals surface area contributed by atoms with Crippen LogP contribution in [-0.4, -0.2) is 128 Å². The summed E-state index contributed by atoms with van der Waals surface area (Å²) < 4.78 is 87.7. The van der Waals surface area contributed by atoms with Crippen molar-refractivity contribution in [3.05, 3.63) is 95.7 Å². The molecule has 71 heavy (non-hydrogen) atoms. The van der Waals surface area contributed by atoms with Crippen molar-refractivity contribution in [3.63, 3.8) is 0 Å². The lowest BCUT2D eigenvalue weighted by atomic mass is 9.67. The van der Waals surface area contributed by atoms with Gasteiger partial charge in [0, 0.05) is 81.1 Å². The molecule has 0 radical (unpaired) electrons. The lowest BCUT2D eigenvalue weighted by molar-refractivity contribution is -0.442. The summed E-state index contributed by atoms with van der Waals surface area (Å²) in [5, 5.41) is 0.561. The molecular formula is C52H67N4O13S2+. The second-order valence-corrected chi connectivity index (χ2v) is 21.9. The maximum absolute atomic E-state index is 13.1. The average Bonchev–Trinajstić information content (AvgIpc) is 3.87. The van der Waals surface area contributed by atoms with Gasteiger partial charge in [-0.05, 0) is 90.9 Å². The predicted octanol–water partition coefficient (Wildman–Crippen LogP) is 6.91. The number of imide groups is 1. The normalized spacial score (nSPS) is 18.1. The van der Waals surface area contributed by atoms with Crippen LogP contribution in [0.2, 0.25) is 0 Å². The number of anilines is 1. The van der Waals surface area contributed by atoms with Crippen molar-refractivity contribution in [1.82, 2.24) is 9.79 Å². The Hall–Kier alpha value is -5.12. The van der Waals surface area contributed by atoms with Gasteiger partial charge in [0.2, 0.25) is 15.7 Å². The van der Waals surface area contributed by atoms with Gasteiger partial charge >= 0.3 is 5.97 Å². The molecule has 1 saturated carbocycles. The van der Waals surface area contributed by atoms with Crippen LogP contribution in [0.25, 0.3) is 11.1 Å². The molecule has 0 aromatic heterocycles. The van der Waals surface area contributed by atoms with Crippen molar-refractivity contribution in [2.24, 2.45) is 0 Å². The molecule has 3 aliphatic heterocycles. The number of nitrogens with zero attached hydrogens (tertiary/aromatic N) is 3. The summed E-state index contributed by atoms with van der Waals surface area (Å²) in [5.41, 5.74) is 6.77. The Labute approximate surface area is 417 Å². The number of carbonyl (C=O) groups excluding carboxylic acids is 3. The number of sulfonamides is 1. The highest BCUT2D eigenvalue weighted by atomic mass is 32.2. The molecule has 0 bridgehead atoms. The van der Waals surface area contributed by atoms with Crippen LogP contribution >= 0.6 is 0 Å². The molecule has 17 nitrogen and oxygen atoms in total. The number of hydrogen-bond acceptors (Lipinski definition) is 13. The molecule has 2 fully saturated rings. The molecule has 3 heterocycles. The summed E-state index contributed by atoms with van der Waals surface area (Å²) in [6.07, 6.45) is 13.2. The van der Waals surface area contributed by atoms with Crippen molar-refractivity contribution in [2.75, 3.05) is 78.4 Å². The summed E-state index contributed by atoms with van der Waals surface area (Å²) >= 11 is 0. The van der Waals surface area contributed by atoms with Crippen molar-refractivity contribution in [2.45, 2.75) is 105 Å². The van der Waals surface area contributed by atoms with Gasteiger partial charge in [-0.2, -0.15) is 13.0 Å². The largest absolute Gasteiger partial charge is 0.382 e. The van der Waals surface area contributed by atoms with E-state index in [2.05, 4.69) is 50.6 Å². The van der Waals surface area contributed by atoms with Crippen LogP contribution in [0.1, 0.15) is 95.6 Å². The Morgan fingerprint density at radius 2 is 1.44 bits per heavy atom. The molecule has 2 N–H and O–H groups in total. The fourth-order valence-corrected chi connectivity index (χ4v) is 11.7. The molecule has 0 atom stereocenters. The summed E-state index contributed by atoms with van der Waals surface area (Å²) in [5.74, 6) is -1.70. The third kappa shape index (κ3) is 12.4. The van der Waals surface area contributed by atoms with E-state index in [-0.39, 0.29) is 47.6 Å². The number of benzene rings is 3. The first-order valence-corrected chi connectivity index (χ1v) is 27.3. The van der Waals surface area contributed by atoms with E-state index in [1.54, 1.807) is 32.4 Å². The van der Waals surface area contributed by atoms with Gasteiger partial charge in [0.15, 0.2) is 12.3 Å². The number of hydroxylamine groups is 2. The number of unbranched alkanes of at least 4 members (excludes halogenated alkanes) is 2. The van der Waals surface area contributed by atoms with Gasteiger partial charge in [0.05, 0.1) is 48.2 Å². The quantitative estimate of drug-likeness (QED) is 0.0383. The minimum absolute atomic E-state index is 0.0231. The van der Waals surface area contributed by atoms with E-state index in [9.17, 15) is 35.8 Å². The van der Waals surface area contributed by atoms with Crippen LogP contribution in [0, 0.1) is 0 Å². The molecule has 4 aliphatic rings. The van der Waals surface area contributed by atoms with E-state index < -0.39 is 43.3 Å². The zero-order valence-corrected chi connectivity index (χ0v) is 42.8. The maximum Gasteiger partial charge on any atom is 0.333 e. The zero-order chi connectivity index (χ0) is 50.8.